The summed E-state index contributed by atoms with van der Waals surface area (Å²) in [5, 5.41) is 11.3. The summed E-state index contributed by atoms with van der Waals surface area (Å²) in [4.78, 5) is 22.9. The Bertz CT molecular complexity index is 526. The maximum atomic E-state index is 12.0. The number of hydrogen-bond donors (Lipinski definition) is 2. The molecule has 0 unspecified atom stereocenters. The summed E-state index contributed by atoms with van der Waals surface area (Å²) in [6.45, 7) is 1.87. The zero-order valence-corrected chi connectivity index (χ0v) is 12.0. The number of nitrogens with one attached hydrogen (secondary N) is 1. The van der Waals surface area contributed by atoms with E-state index in [9.17, 15) is 22.8 Å². The maximum absolute atomic E-state index is 12.0. The van der Waals surface area contributed by atoms with Crippen LogP contribution >= 0.6 is 0 Å². The highest BCUT2D eigenvalue weighted by molar-refractivity contribution is 5.96. The van der Waals surface area contributed by atoms with Gasteiger partial charge in [0.25, 0.3) is 5.91 Å². The standard InChI is InChI=1S/C14H16F3NO4/c1-8(2)11(13(20)21)18-12(19)9-3-5-10(6-4-9)22-7-14(15,16)17/h3-6,8,11H,7H2,1-2H3,(H,18,19)(H,20,21)/t11-/m1/s1. The quantitative estimate of drug-likeness (QED) is 0.844. The SMILES string of the molecule is CC(C)[C@@H](NC(=O)c1ccc(OCC(F)(F)F)cc1)C(=O)O. The third kappa shape index (κ3) is 5.63. The summed E-state index contributed by atoms with van der Waals surface area (Å²) < 4.78 is 40.5. The lowest BCUT2D eigenvalue weighted by atomic mass is 10.0. The molecule has 2 N–H and O–H groups in total. The molecule has 0 spiro atoms. The third-order valence-electron chi connectivity index (χ3n) is 2.74. The van der Waals surface area contributed by atoms with E-state index in [1.54, 1.807) is 13.8 Å². The fourth-order valence-electron chi connectivity index (χ4n) is 1.61. The molecule has 0 saturated heterocycles. The topological polar surface area (TPSA) is 75.6 Å². The van der Waals surface area contributed by atoms with Crippen LogP contribution < -0.4 is 10.1 Å². The zero-order chi connectivity index (χ0) is 16.9. The molecule has 1 aromatic rings. The van der Waals surface area contributed by atoms with E-state index in [1.807, 2.05) is 0 Å². The van der Waals surface area contributed by atoms with Crippen LogP contribution in [0.3, 0.4) is 0 Å². The van der Waals surface area contributed by atoms with Gasteiger partial charge in [-0.15, -0.1) is 0 Å². The molecule has 0 fully saturated rings. The number of rotatable bonds is 6. The van der Waals surface area contributed by atoms with E-state index >= 15 is 0 Å². The molecule has 0 aromatic heterocycles. The number of aliphatic carboxylic acids is 1. The number of amides is 1. The van der Waals surface area contributed by atoms with Crippen molar-refractivity contribution in [2.75, 3.05) is 6.61 Å². The van der Waals surface area contributed by atoms with Gasteiger partial charge in [0.15, 0.2) is 6.61 Å². The van der Waals surface area contributed by atoms with Crippen molar-refractivity contribution in [3.63, 3.8) is 0 Å². The summed E-state index contributed by atoms with van der Waals surface area (Å²) in [6.07, 6.45) is -4.44. The Balaban J connectivity index is 2.69. The molecule has 122 valence electrons. The van der Waals surface area contributed by atoms with Gasteiger partial charge < -0.3 is 15.2 Å². The largest absolute Gasteiger partial charge is 0.484 e. The van der Waals surface area contributed by atoms with Gasteiger partial charge in [0.1, 0.15) is 11.8 Å². The molecule has 1 aromatic carbocycles. The molecule has 22 heavy (non-hydrogen) atoms. The molecular formula is C14H16F3NO4. The highest BCUT2D eigenvalue weighted by Crippen LogP contribution is 2.19. The Morgan fingerprint density at radius 1 is 1.23 bits per heavy atom. The van der Waals surface area contributed by atoms with Gasteiger partial charge in [-0.25, -0.2) is 4.79 Å². The van der Waals surface area contributed by atoms with Crippen LogP contribution in [0.25, 0.3) is 0 Å². The smallest absolute Gasteiger partial charge is 0.422 e. The molecule has 0 aliphatic heterocycles. The second kappa shape index (κ2) is 7.15. The minimum absolute atomic E-state index is 0.0347. The van der Waals surface area contributed by atoms with E-state index in [2.05, 4.69) is 10.1 Å². The number of hydrogen-bond acceptors (Lipinski definition) is 3. The number of alkyl halides is 3. The van der Waals surface area contributed by atoms with E-state index in [4.69, 9.17) is 5.11 Å². The Hall–Kier alpha value is -2.25. The fourth-order valence-corrected chi connectivity index (χ4v) is 1.61. The molecule has 1 atom stereocenters. The average Bonchev–Trinajstić information content (AvgIpc) is 2.41. The predicted molar refractivity (Wildman–Crippen MR) is 71.7 cm³/mol. The summed E-state index contributed by atoms with van der Waals surface area (Å²) >= 11 is 0. The first-order chi connectivity index (χ1) is 10.1. The van der Waals surface area contributed by atoms with Crippen LogP contribution in [-0.2, 0) is 4.79 Å². The molecule has 8 heteroatoms. The minimum atomic E-state index is -4.44. The number of carboxylic acids is 1. The number of ether oxygens (including phenoxy) is 1. The second-order valence-corrected chi connectivity index (χ2v) is 4.96. The lowest BCUT2D eigenvalue weighted by molar-refractivity contribution is -0.153. The molecule has 0 heterocycles. The molecule has 0 bridgehead atoms. The van der Waals surface area contributed by atoms with Gasteiger partial charge in [0, 0.05) is 5.56 Å². The van der Waals surface area contributed by atoms with E-state index in [0.717, 1.165) is 0 Å². The summed E-state index contributed by atoms with van der Waals surface area (Å²) in [6, 6.07) is 3.91. The summed E-state index contributed by atoms with van der Waals surface area (Å²) in [5.74, 6) is -2.12. The van der Waals surface area contributed by atoms with E-state index in [-0.39, 0.29) is 17.2 Å². The van der Waals surface area contributed by atoms with E-state index in [0.29, 0.717) is 0 Å². The monoisotopic (exact) mass is 319 g/mol. The molecule has 0 aliphatic rings. The molecule has 0 radical (unpaired) electrons. The van der Waals surface area contributed by atoms with Crippen LogP contribution in [0.5, 0.6) is 5.75 Å². The van der Waals surface area contributed by atoms with Gasteiger partial charge in [-0.05, 0) is 30.2 Å². The van der Waals surface area contributed by atoms with Crippen molar-refractivity contribution in [2.45, 2.75) is 26.1 Å². The van der Waals surface area contributed by atoms with Crippen molar-refractivity contribution in [2.24, 2.45) is 5.92 Å². The number of carbonyl (C=O) groups is 2. The van der Waals surface area contributed by atoms with Crippen LogP contribution in [0.4, 0.5) is 13.2 Å². The highest BCUT2D eigenvalue weighted by Gasteiger charge is 2.28. The average molecular weight is 319 g/mol. The van der Waals surface area contributed by atoms with Gasteiger partial charge >= 0.3 is 12.1 Å². The highest BCUT2D eigenvalue weighted by atomic mass is 19.4. The number of carboxylic acid groups (broad SMARTS) is 1. The summed E-state index contributed by atoms with van der Waals surface area (Å²) in [5.41, 5.74) is 0.131. The van der Waals surface area contributed by atoms with E-state index < -0.39 is 30.7 Å². The number of benzene rings is 1. The van der Waals surface area contributed by atoms with Gasteiger partial charge in [-0.2, -0.15) is 13.2 Å². The van der Waals surface area contributed by atoms with Gasteiger partial charge in [-0.3, -0.25) is 4.79 Å². The Morgan fingerprint density at radius 3 is 2.18 bits per heavy atom. The number of halogens is 3. The fraction of sp³-hybridized carbons (Fsp3) is 0.429. The van der Waals surface area contributed by atoms with Crippen LogP contribution in [0.15, 0.2) is 24.3 Å². The van der Waals surface area contributed by atoms with Crippen molar-refractivity contribution < 1.29 is 32.6 Å². The molecule has 0 aliphatic carbocycles. The van der Waals surface area contributed by atoms with Crippen LogP contribution in [0, 0.1) is 5.92 Å². The van der Waals surface area contributed by atoms with Crippen molar-refractivity contribution in [3.05, 3.63) is 29.8 Å². The first-order valence-electron chi connectivity index (χ1n) is 6.43. The van der Waals surface area contributed by atoms with Gasteiger partial charge in [-0.1, -0.05) is 13.8 Å². The summed E-state index contributed by atoms with van der Waals surface area (Å²) in [7, 11) is 0. The molecular weight excluding hydrogens is 303 g/mol. The van der Waals surface area contributed by atoms with Crippen molar-refractivity contribution >= 4 is 11.9 Å². The second-order valence-electron chi connectivity index (χ2n) is 4.96. The van der Waals surface area contributed by atoms with Crippen LogP contribution in [-0.4, -0.2) is 35.8 Å². The molecule has 1 amide bonds. The first kappa shape index (κ1) is 17.8. The Kier molecular flexibility index (Phi) is 5.78. The van der Waals surface area contributed by atoms with Crippen molar-refractivity contribution in [3.8, 4) is 5.75 Å². The zero-order valence-electron chi connectivity index (χ0n) is 12.0. The molecule has 1 rings (SSSR count). The lowest BCUT2D eigenvalue weighted by Gasteiger charge is -2.18. The van der Waals surface area contributed by atoms with Gasteiger partial charge in [0.2, 0.25) is 0 Å². The Labute approximate surface area is 125 Å². The first-order valence-corrected chi connectivity index (χ1v) is 6.43. The number of carbonyl (C=O) groups excluding carboxylic acids is 1. The van der Waals surface area contributed by atoms with E-state index in [1.165, 1.54) is 24.3 Å². The lowest BCUT2D eigenvalue weighted by Crippen LogP contribution is -2.44. The molecule has 0 saturated carbocycles. The normalized spacial score (nSPS) is 12.8. The van der Waals surface area contributed by atoms with Gasteiger partial charge in [0.05, 0.1) is 0 Å². The predicted octanol–water partition coefficient (Wildman–Crippen LogP) is 2.47. The third-order valence-corrected chi connectivity index (χ3v) is 2.74. The minimum Gasteiger partial charge on any atom is -0.484 e. The van der Waals surface area contributed by atoms with Crippen molar-refractivity contribution in [1.82, 2.24) is 5.32 Å². The Morgan fingerprint density at radius 2 is 1.77 bits per heavy atom. The van der Waals surface area contributed by atoms with Crippen molar-refractivity contribution in [1.29, 1.82) is 0 Å². The maximum Gasteiger partial charge on any atom is 0.422 e. The van der Waals surface area contributed by atoms with Crippen LogP contribution in [0.2, 0.25) is 0 Å². The molecule has 5 nitrogen and oxygen atoms in total. The van der Waals surface area contributed by atoms with Crippen LogP contribution in [0.1, 0.15) is 24.2 Å².